The fourth-order valence-electron chi connectivity index (χ4n) is 0.123. The number of rotatable bonds is 2. The zero-order valence-electron chi connectivity index (χ0n) is 3.94. The van der Waals surface area contributed by atoms with Gasteiger partial charge in [0.25, 0.3) is 0 Å². The Morgan fingerprint density at radius 2 is 1.56 bits per heavy atom. The van der Waals surface area contributed by atoms with E-state index in [1.807, 2.05) is 0 Å². The van der Waals surface area contributed by atoms with E-state index in [1.54, 1.807) is 0 Å². The Morgan fingerprint density at radius 1 is 1.22 bits per heavy atom. The van der Waals surface area contributed by atoms with Crippen LogP contribution in [0.4, 0.5) is 0 Å². The number of nitrogens with zero attached hydrogens (tertiary/aromatic N) is 2. The first-order valence-corrected chi connectivity index (χ1v) is 4.12. The van der Waals surface area contributed by atoms with E-state index in [1.165, 1.54) is 0 Å². The molecule has 0 aliphatic carbocycles. The van der Waals surface area contributed by atoms with Gasteiger partial charge in [-0.15, -0.1) is 9.53 Å². The molecule has 0 amide bonds. The summed E-state index contributed by atoms with van der Waals surface area (Å²) >= 11 is 4.83. The predicted octanol–water partition coefficient (Wildman–Crippen LogP) is 1.00. The first-order valence-electron chi connectivity index (χ1n) is 1.61. The van der Waals surface area contributed by atoms with E-state index < -0.39 is 6.80 Å². The normalized spacial score (nSPS) is 14.3. The van der Waals surface area contributed by atoms with Crippen LogP contribution in [0.15, 0.2) is 9.53 Å². The van der Waals surface area contributed by atoms with Crippen molar-refractivity contribution in [1.82, 2.24) is 0 Å². The van der Waals surface area contributed by atoms with Crippen LogP contribution in [0.1, 0.15) is 0 Å². The third-order valence-electron chi connectivity index (χ3n) is 0.328. The Labute approximate surface area is 54.7 Å². The molecule has 0 atom stereocenters. The molecular formula is C2ClN2O3P. The third-order valence-corrected chi connectivity index (χ3v) is 1.44. The first kappa shape index (κ1) is 8.28. The SMILES string of the molecule is O=C=NP(=O)(Cl)N=C=O. The highest BCUT2D eigenvalue weighted by Gasteiger charge is 2.13. The van der Waals surface area contributed by atoms with Crippen molar-refractivity contribution in [2.24, 2.45) is 9.53 Å². The predicted molar refractivity (Wildman–Crippen MR) is 29.7 cm³/mol. The van der Waals surface area contributed by atoms with Crippen LogP contribution in [0.25, 0.3) is 0 Å². The molecule has 0 saturated carbocycles. The van der Waals surface area contributed by atoms with Crippen molar-refractivity contribution in [3.05, 3.63) is 0 Å². The second-order valence-corrected chi connectivity index (χ2v) is 3.52. The molecule has 0 saturated heterocycles. The molecule has 0 aliphatic rings. The minimum absolute atomic E-state index is 0.900. The minimum atomic E-state index is -3.82. The van der Waals surface area contributed by atoms with E-state index in [0.29, 0.717) is 0 Å². The van der Waals surface area contributed by atoms with Crippen LogP contribution in [0.5, 0.6) is 0 Å². The molecule has 7 heteroatoms. The van der Waals surface area contributed by atoms with E-state index in [-0.39, 0.29) is 0 Å². The van der Waals surface area contributed by atoms with Gasteiger partial charge in [0.05, 0.1) is 0 Å². The summed E-state index contributed by atoms with van der Waals surface area (Å²) in [7, 11) is 0. The number of hydrogen-bond donors (Lipinski definition) is 0. The monoisotopic (exact) mass is 166 g/mol. The summed E-state index contributed by atoms with van der Waals surface area (Å²) in [6.07, 6.45) is 1.80. The molecule has 5 nitrogen and oxygen atoms in total. The van der Waals surface area contributed by atoms with Crippen LogP contribution in [0, 0.1) is 0 Å². The summed E-state index contributed by atoms with van der Waals surface area (Å²) < 4.78 is 15.4. The van der Waals surface area contributed by atoms with Crippen molar-refractivity contribution in [2.45, 2.75) is 0 Å². The summed E-state index contributed by atoms with van der Waals surface area (Å²) in [5.41, 5.74) is 0. The first-order chi connectivity index (χ1) is 4.12. The van der Waals surface area contributed by atoms with Gasteiger partial charge in [0.2, 0.25) is 12.2 Å². The topological polar surface area (TPSA) is 75.9 Å². The Kier molecular flexibility index (Phi) is 3.07. The lowest BCUT2D eigenvalue weighted by Crippen LogP contribution is -1.57. The zero-order chi connectivity index (χ0) is 7.33. The number of isocyanates is 2. The quantitative estimate of drug-likeness (QED) is 0.349. The van der Waals surface area contributed by atoms with Crippen LogP contribution < -0.4 is 0 Å². The fourth-order valence-corrected chi connectivity index (χ4v) is 0.554. The van der Waals surface area contributed by atoms with E-state index in [0.717, 1.165) is 12.2 Å². The van der Waals surface area contributed by atoms with Crippen molar-refractivity contribution in [2.75, 3.05) is 0 Å². The van der Waals surface area contributed by atoms with Gasteiger partial charge in [0.15, 0.2) is 0 Å². The van der Waals surface area contributed by atoms with Gasteiger partial charge in [-0.1, -0.05) is 0 Å². The van der Waals surface area contributed by atoms with Gasteiger partial charge < -0.3 is 0 Å². The zero-order valence-corrected chi connectivity index (χ0v) is 5.59. The highest BCUT2D eigenvalue weighted by Crippen LogP contribution is 2.53. The molecule has 0 aromatic carbocycles. The molecule has 0 N–H and O–H groups in total. The second-order valence-electron chi connectivity index (χ2n) is 0.856. The van der Waals surface area contributed by atoms with Crippen molar-refractivity contribution >= 4 is 30.2 Å². The fraction of sp³-hybridized carbons (Fsp3) is 0. The summed E-state index contributed by atoms with van der Waals surface area (Å²) in [4.78, 5) is 18.7. The van der Waals surface area contributed by atoms with Crippen molar-refractivity contribution in [3.63, 3.8) is 0 Å². The van der Waals surface area contributed by atoms with Crippen LogP contribution in [-0.4, -0.2) is 12.2 Å². The molecular weight excluding hydrogens is 166 g/mol. The molecule has 0 spiro atoms. The van der Waals surface area contributed by atoms with Crippen molar-refractivity contribution in [3.8, 4) is 0 Å². The van der Waals surface area contributed by atoms with E-state index >= 15 is 0 Å². The van der Waals surface area contributed by atoms with E-state index in [9.17, 15) is 14.2 Å². The summed E-state index contributed by atoms with van der Waals surface area (Å²) in [5, 5.41) is 0. The Balaban J connectivity index is 4.59. The van der Waals surface area contributed by atoms with Crippen LogP contribution in [0.3, 0.4) is 0 Å². The molecule has 0 heterocycles. The third kappa shape index (κ3) is 3.83. The molecule has 0 rings (SSSR count). The standard InChI is InChI=1S/C2ClN2O3P/c3-9(8,4-1-6)5-2-7. The summed E-state index contributed by atoms with van der Waals surface area (Å²) in [5.74, 6) is 0. The average molecular weight is 166 g/mol. The van der Waals surface area contributed by atoms with Gasteiger partial charge in [0.1, 0.15) is 0 Å². The molecule has 0 aromatic rings. The molecule has 0 bridgehead atoms. The van der Waals surface area contributed by atoms with Crippen LogP contribution in [0.2, 0.25) is 0 Å². The largest absolute Gasteiger partial charge is 0.409 e. The van der Waals surface area contributed by atoms with Gasteiger partial charge >= 0.3 is 6.80 Å². The number of carbonyl (C=O) groups excluding carboxylic acids is 2. The Hall–Kier alpha value is -0.720. The summed E-state index contributed by atoms with van der Waals surface area (Å²) in [6.45, 7) is -3.82. The highest BCUT2D eigenvalue weighted by atomic mass is 35.7. The van der Waals surface area contributed by atoms with E-state index in [4.69, 9.17) is 11.2 Å². The van der Waals surface area contributed by atoms with Crippen molar-refractivity contribution in [1.29, 1.82) is 0 Å². The molecule has 0 fully saturated rings. The van der Waals surface area contributed by atoms with Gasteiger partial charge in [-0.05, 0) is 11.2 Å². The van der Waals surface area contributed by atoms with Crippen LogP contribution in [-0.2, 0) is 14.2 Å². The minimum Gasteiger partial charge on any atom is -0.252 e. The lowest BCUT2D eigenvalue weighted by molar-refractivity contribution is 0.561. The maximum Gasteiger partial charge on any atom is 0.409 e. The van der Waals surface area contributed by atoms with Crippen molar-refractivity contribution < 1.29 is 14.2 Å². The van der Waals surface area contributed by atoms with Gasteiger partial charge in [0, 0.05) is 0 Å². The van der Waals surface area contributed by atoms with E-state index in [2.05, 4.69) is 9.53 Å². The molecule has 0 unspecified atom stereocenters. The molecule has 9 heavy (non-hydrogen) atoms. The lowest BCUT2D eigenvalue weighted by atomic mass is 11.7. The lowest BCUT2D eigenvalue weighted by Gasteiger charge is -1.83. The maximum absolute atomic E-state index is 10.3. The van der Waals surface area contributed by atoms with Gasteiger partial charge in [-0.3, -0.25) is 4.57 Å². The Bertz CT molecular complexity index is 216. The molecule has 0 radical (unpaired) electrons. The number of halogens is 1. The summed E-state index contributed by atoms with van der Waals surface area (Å²) in [6, 6.07) is 0. The molecule has 0 aliphatic heterocycles. The molecule has 0 aromatic heterocycles. The van der Waals surface area contributed by atoms with Crippen LogP contribution >= 0.6 is 18.0 Å². The Morgan fingerprint density at radius 3 is 1.78 bits per heavy atom. The highest BCUT2D eigenvalue weighted by molar-refractivity contribution is 7.87. The average Bonchev–Trinajstić information content (AvgIpc) is 1.64. The van der Waals surface area contributed by atoms with Gasteiger partial charge in [-0.25, -0.2) is 9.59 Å². The number of hydrogen-bond acceptors (Lipinski definition) is 3. The smallest absolute Gasteiger partial charge is 0.252 e. The molecule has 48 valence electrons. The van der Waals surface area contributed by atoms with Gasteiger partial charge in [-0.2, -0.15) is 0 Å². The maximum atomic E-state index is 10.3. The second kappa shape index (κ2) is 3.33.